The monoisotopic (exact) mass is 228 g/mol. The van der Waals surface area contributed by atoms with Crippen LogP contribution in [0.4, 0.5) is 0 Å². The van der Waals surface area contributed by atoms with Gasteiger partial charge >= 0.3 is 0 Å². The van der Waals surface area contributed by atoms with Crippen LogP contribution in [0.15, 0.2) is 57.3 Å². The molecule has 0 spiro atoms. The molecule has 4 nitrogen and oxygen atoms in total. The van der Waals surface area contributed by atoms with E-state index in [1.54, 1.807) is 31.9 Å². The predicted octanol–water partition coefficient (Wildman–Crippen LogP) is 2.74. The normalized spacial score (nSPS) is 11.4. The Morgan fingerprint density at radius 3 is 2.65 bits per heavy atom. The number of furan rings is 1. The summed E-state index contributed by atoms with van der Waals surface area (Å²) < 4.78 is 10.3. The number of benzene rings is 1. The molecule has 0 radical (unpaired) electrons. The minimum absolute atomic E-state index is 0.669. The molecule has 2 rings (SSSR count). The van der Waals surface area contributed by atoms with E-state index in [-0.39, 0.29) is 0 Å². The van der Waals surface area contributed by atoms with Gasteiger partial charge in [0, 0.05) is 5.56 Å². The van der Waals surface area contributed by atoms with Crippen LogP contribution in [-0.4, -0.2) is 19.5 Å². The summed E-state index contributed by atoms with van der Waals surface area (Å²) in [7, 11) is 1.62. The molecule has 0 atom stereocenters. The molecule has 0 saturated carbocycles. The Morgan fingerprint density at radius 2 is 1.88 bits per heavy atom. The number of ether oxygens (including phenoxy) is 1. The van der Waals surface area contributed by atoms with Crippen molar-refractivity contribution in [3.8, 4) is 5.75 Å². The zero-order chi connectivity index (χ0) is 11.9. The molecule has 1 aromatic carbocycles. The van der Waals surface area contributed by atoms with E-state index in [0.717, 1.165) is 11.3 Å². The van der Waals surface area contributed by atoms with Crippen molar-refractivity contribution in [1.82, 2.24) is 0 Å². The fourth-order valence-corrected chi connectivity index (χ4v) is 1.32. The standard InChI is InChI=1S/C13H12N2O2/c1-16-13-7-3-2-5-11(13)9-14-15-10-12-6-4-8-17-12/h2-10H,1H3. The molecule has 0 unspecified atom stereocenters. The maximum absolute atomic E-state index is 5.19. The van der Waals surface area contributed by atoms with Gasteiger partial charge in [0.15, 0.2) is 0 Å². The van der Waals surface area contributed by atoms with E-state index in [0.29, 0.717) is 5.76 Å². The highest BCUT2D eigenvalue weighted by molar-refractivity contribution is 5.84. The van der Waals surface area contributed by atoms with Gasteiger partial charge in [0.2, 0.25) is 0 Å². The highest BCUT2D eigenvalue weighted by Gasteiger charge is 1.96. The Balaban J connectivity index is 2.05. The summed E-state index contributed by atoms with van der Waals surface area (Å²) in [5.74, 6) is 1.44. The zero-order valence-electron chi connectivity index (χ0n) is 9.41. The number of para-hydroxylation sites is 1. The second kappa shape index (κ2) is 5.65. The van der Waals surface area contributed by atoms with Crippen LogP contribution in [0.1, 0.15) is 11.3 Å². The minimum atomic E-state index is 0.669. The van der Waals surface area contributed by atoms with Crippen LogP contribution in [0.3, 0.4) is 0 Å². The van der Waals surface area contributed by atoms with Gasteiger partial charge in [0.25, 0.3) is 0 Å². The molecule has 0 fully saturated rings. The van der Waals surface area contributed by atoms with Crippen LogP contribution in [0, 0.1) is 0 Å². The van der Waals surface area contributed by atoms with Crippen molar-refractivity contribution in [2.24, 2.45) is 10.2 Å². The first kappa shape index (κ1) is 11.1. The van der Waals surface area contributed by atoms with Gasteiger partial charge < -0.3 is 9.15 Å². The molecular weight excluding hydrogens is 216 g/mol. The summed E-state index contributed by atoms with van der Waals surface area (Å²) in [5.41, 5.74) is 0.881. The third-order valence-electron chi connectivity index (χ3n) is 2.13. The quantitative estimate of drug-likeness (QED) is 0.596. The van der Waals surface area contributed by atoms with Crippen LogP contribution in [0.5, 0.6) is 5.75 Å². The molecule has 0 bridgehead atoms. The van der Waals surface area contributed by atoms with Gasteiger partial charge in [0.05, 0.1) is 25.8 Å². The Morgan fingerprint density at radius 1 is 1.06 bits per heavy atom. The molecule has 0 amide bonds. The summed E-state index contributed by atoms with van der Waals surface area (Å²) in [5, 5.41) is 7.81. The third-order valence-corrected chi connectivity index (χ3v) is 2.13. The van der Waals surface area contributed by atoms with E-state index >= 15 is 0 Å². The largest absolute Gasteiger partial charge is 0.496 e. The van der Waals surface area contributed by atoms with Gasteiger partial charge in [-0.25, -0.2) is 0 Å². The molecule has 1 heterocycles. The van der Waals surface area contributed by atoms with Crippen molar-refractivity contribution in [2.75, 3.05) is 7.11 Å². The maximum Gasteiger partial charge on any atom is 0.146 e. The first-order valence-electron chi connectivity index (χ1n) is 5.13. The van der Waals surface area contributed by atoms with Crippen LogP contribution < -0.4 is 4.74 Å². The fourth-order valence-electron chi connectivity index (χ4n) is 1.32. The summed E-state index contributed by atoms with van der Waals surface area (Å²) in [6.07, 6.45) is 4.77. The molecular formula is C13H12N2O2. The number of methoxy groups -OCH3 is 1. The average molecular weight is 228 g/mol. The van der Waals surface area contributed by atoms with E-state index < -0.39 is 0 Å². The number of nitrogens with zero attached hydrogens (tertiary/aromatic N) is 2. The van der Waals surface area contributed by atoms with Crippen molar-refractivity contribution in [3.05, 3.63) is 54.0 Å². The second-order valence-electron chi connectivity index (χ2n) is 3.25. The summed E-state index contributed by atoms with van der Waals surface area (Å²) in [4.78, 5) is 0. The molecule has 1 aromatic heterocycles. The van der Waals surface area contributed by atoms with E-state index in [9.17, 15) is 0 Å². The van der Waals surface area contributed by atoms with Gasteiger partial charge in [-0.05, 0) is 24.3 Å². The van der Waals surface area contributed by atoms with Crippen molar-refractivity contribution in [3.63, 3.8) is 0 Å². The van der Waals surface area contributed by atoms with Crippen LogP contribution in [0.25, 0.3) is 0 Å². The predicted molar refractivity (Wildman–Crippen MR) is 66.9 cm³/mol. The van der Waals surface area contributed by atoms with E-state index in [1.165, 1.54) is 0 Å². The Labute approximate surface area is 99.3 Å². The summed E-state index contributed by atoms with van der Waals surface area (Å²) in [6, 6.07) is 11.2. The van der Waals surface area contributed by atoms with Gasteiger partial charge in [-0.3, -0.25) is 0 Å². The number of hydrogen-bond acceptors (Lipinski definition) is 4. The van der Waals surface area contributed by atoms with E-state index in [2.05, 4.69) is 10.2 Å². The smallest absolute Gasteiger partial charge is 0.146 e. The van der Waals surface area contributed by atoms with E-state index in [1.807, 2.05) is 30.3 Å². The Hall–Kier alpha value is -2.36. The van der Waals surface area contributed by atoms with Crippen LogP contribution in [-0.2, 0) is 0 Å². The number of hydrogen-bond donors (Lipinski definition) is 0. The highest BCUT2D eigenvalue weighted by Crippen LogP contribution is 2.14. The zero-order valence-corrected chi connectivity index (χ0v) is 9.41. The lowest BCUT2D eigenvalue weighted by Gasteiger charge is -2.01. The molecule has 0 aliphatic rings. The molecule has 0 saturated heterocycles. The van der Waals surface area contributed by atoms with Gasteiger partial charge in [-0.1, -0.05) is 12.1 Å². The van der Waals surface area contributed by atoms with Crippen molar-refractivity contribution in [1.29, 1.82) is 0 Å². The minimum Gasteiger partial charge on any atom is -0.496 e. The molecule has 86 valence electrons. The lowest BCUT2D eigenvalue weighted by Crippen LogP contribution is -1.89. The van der Waals surface area contributed by atoms with Gasteiger partial charge in [0.1, 0.15) is 11.5 Å². The fraction of sp³-hybridized carbons (Fsp3) is 0.0769. The Bertz CT molecular complexity index is 516. The van der Waals surface area contributed by atoms with Crippen molar-refractivity contribution < 1.29 is 9.15 Å². The molecule has 0 aliphatic carbocycles. The van der Waals surface area contributed by atoms with Gasteiger partial charge in [-0.15, -0.1) is 0 Å². The van der Waals surface area contributed by atoms with E-state index in [4.69, 9.17) is 9.15 Å². The maximum atomic E-state index is 5.19. The van der Waals surface area contributed by atoms with Crippen LogP contribution >= 0.6 is 0 Å². The lowest BCUT2D eigenvalue weighted by atomic mass is 10.2. The lowest BCUT2D eigenvalue weighted by molar-refractivity contribution is 0.414. The first-order valence-corrected chi connectivity index (χ1v) is 5.13. The summed E-state index contributed by atoms with van der Waals surface area (Å²) in [6.45, 7) is 0. The van der Waals surface area contributed by atoms with Crippen molar-refractivity contribution in [2.45, 2.75) is 0 Å². The molecule has 4 heteroatoms. The molecule has 0 aliphatic heterocycles. The molecule has 2 aromatic rings. The van der Waals surface area contributed by atoms with Crippen LogP contribution in [0.2, 0.25) is 0 Å². The molecule has 17 heavy (non-hydrogen) atoms. The molecule has 0 N–H and O–H groups in total. The summed E-state index contributed by atoms with van der Waals surface area (Å²) >= 11 is 0. The topological polar surface area (TPSA) is 47.1 Å². The van der Waals surface area contributed by atoms with Gasteiger partial charge in [-0.2, -0.15) is 10.2 Å². The highest BCUT2D eigenvalue weighted by atomic mass is 16.5. The number of rotatable bonds is 4. The Kier molecular flexibility index (Phi) is 3.70. The average Bonchev–Trinajstić information content (AvgIpc) is 2.88. The first-order chi connectivity index (χ1) is 8.40. The third kappa shape index (κ3) is 3.04. The SMILES string of the molecule is COc1ccccc1C=NN=Cc1ccco1. The van der Waals surface area contributed by atoms with Crippen molar-refractivity contribution >= 4 is 12.4 Å². The second-order valence-corrected chi connectivity index (χ2v) is 3.25.